The van der Waals surface area contributed by atoms with Crippen molar-refractivity contribution in [2.75, 3.05) is 0 Å². The number of carbonyl (C=O) groups is 4. The average Bonchev–Trinajstić information content (AvgIpc) is 2.67. The summed E-state index contributed by atoms with van der Waals surface area (Å²) in [6, 6.07) is 0. The molecule has 0 amide bonds. The SMILES string of the molecule is C=CCC(CCC(CC#CC)(C(=O)OC(C)(C)C)C(=O)OC(C)(C)C)(C(=O)OC(C)(C)C)C(=O)OC(C)(C)C. The summed E-state index contributed by atoms with van der Waals surface area (Å²) in [6.45, 7) is 25.5. The van der Waals surface area contributed by atoms with Crippen LogP contribution in [-0.4, -0.2) is 46.3 Å². The summed E-state index contributed by atoms with van der Waals surface area (Å²) in [6.07, 6.45) is 0.460. The molecule has 0 spiro atoms. The smallest absolute Gasteiger partial charge is 0.325 e. The van der Waals surface area contributed by atoms with E-state index in [1.165, 1.54) is 6.08 Å². The lowest BCUT2D eigenvalue weighted by atomic mass is 9.71. The molecule has 0 rings (SSSR count). The number of hydrogen-bond donors (Lipinski definition) is 0. The zero-order valence-corrected chi connectivity index (χ0v) is 26.4. The van der Waals surface area contributed by atoms with Crippen LogP contribution in [-0.2, 0) is 38.1 Å². The molecule has 39 heavy (non-hydrogen) atoms. The van der Waals surface area contributed by atoms with Gasteiger partial charge in [0.25, 0.3) is 0 Å². The molecule has 0 aliphatic heterocycles. The van der Waals surface area contributed by atoms with Gasteiger partial charge in [-0.2, -0.15) is 0 Å². The zero-order chi connectivity index (χ0) is 31.1. The van der Waals surface area contributed by atoms with Gasteiger partial charge in [-0.25, -0.2) is 0 Å². The van der Waals surface area contributed by atoms with E-state index in [9.17, 15) is 19.2 Å². The van der Waals surface area contributed by atoms with E-state index in [0.29, 0.717) is 0 Å². The van der Waals surface area contributed by atoms with E-state index in [1.807, 2.05) is 0 Å². The molecule has 0 aromatic carbocycles. The van der Waals surface area contributed by atoms with Crippen molar-refractivity contribution in [1.82, 2.24) is 0 Å². The lowest BCUT2D eigenvalue weighted by molar-refractivity contribution is -0.193. The van der Waals surface area contributed by atoms with Gasteiger partial charge < -0.3 is 18.9 Å². The fourth-order valence-electron chi connectivity index (χ4n) is 3.49. The molecule has 0 atom stereocenters. The molecular formula is C31H50O8. The van der Waals surface area contributed by atoms with Crippen LogP contribution in [0.15, 0.2) is 12.7 Å². The van der Waals surface area contributed by atoms with Crippen LogP contribution >= 0.6 is 0 Å². The Hall–Kier alpha value is -2.82. The van der Waals surface area contributed by atoms with Crippen LogP contribution in [0.3, 0.4) is 0 Å². The van der Waals surface area contributed by atoms with E-state index in [2.05, 4.69) is 18.4 Å². The number of ether oxygens (including phenoxy) is 4. The minimum absolute atomic E-state index is 0.144. The van der Waals surface area contributed by atoms with Gasteiger partial charge in [0.05, 0.1) is 0 Å². The highest BCUT2D eigenvalue weighted by Crippen LogP contribution is 2.42. The topological polar surface area (TPSA) is 105 Å². The normalized spacial score (nSPS) is 12.9. The first-order valence-corrected chi connectivity index (χ1v) is 13.3. The number of esters is 4. The Kier molecular flexibility index (Phi) is 12.1. The van der Waals surface area contributed by atoms with Gasteiger partial charge in [0.15, 0.2) is 10.8 Å². The zero-order valence-electron chi connectivity index (χ0n) is 26.4. The summed E-state index contributed by atoms with van der Waals surface area (Å²) in [5.41, 5.74) is -7.53. The van der Waals surface area contributed by atoms with Crippen LogP contribution in [0.4, 0.5) is 0 Å². The fourth-order valence-corrected chi connectivity index (χ4v) is 3.49. The first-order chi connectivity index (χ1) is 17.3. The highest BCUT2D eigenvalue weighted by Gasteiger charge is 2.56. The van der Waals surface area contributed by atoms with Crippen LogP contribution in [0.2, 0.25) is 0 Å². The summed E-state index contributed by atoms with van der Waals surface area (Å²) in [4.78, 5) is 54.9. The Labute approximate surface area is 235 Å². The van der Waals surface area contributed by atoms with Crippen molar-refractivity contribution >= 4 is 23.9 Å². The van der Waals surface area contributed by atoms with Gasteiger partial charge >= 0.3 is 23.9 Å². The lowest BCUT2D eigenvalue weighted by Gasteiger charge is -2.38. The molecule has 222 valence electrons. The highest BCUT2D eigenvalue weighted by molar-refractivity contribution is 6.02. The maximum atomic E-state index is 13.7. The van der Waals surface area contributed by atoms with Crippen LogP contribution in [0.5, 0.6) is 0 Å². The Morgan fingerprint density at radius 3 is 1.13 bits per heavy atom. The molecule has 0 aliphatic rings. The van der Waals surface area contributed by atoms with Crippen molar-refractivity contribution in [2.45, 2.75) is 138 Å². The molecule has 8 heteroatoms. The van der Waals surface area contributed by atoms with E-state index in [1.54, 1.807) is 90.0 Å². The largest absolute Gasteiger partial charge is 0.459 e. The summed E-state index contributed by atoms with van der Waals surface area (Å²) in [7, 11) is 0. The summed E-state index contributed by atoms with van der Waals surface area (Å²) in [5, 5.41) is 0. The Balaban J connectivity index is 7.15. The van der Waals surface area contributed by atoms with Gasteiger partial charge in [-0.3, -0.25) is 19.2 Å². The van der Waals surface area contributed by atoms with Gasteiger partial charge in [-0.1, -0.05) is 6.08 Å². The van der Waals surface area contributed by atoms with Crippen molar-refractivity contribution in [3.05, 3.63) is 12.7 Å². The molecule has 0 aliphatic carbocycles. The molecule has 0 radical (unpaired) electrons. The molecule has 0 aromatic heterocycles. The molecule has 0 N–H and O–H groups in total. The Morgan fingerprint density at radius 2 is 0.872 bits per heavy atom. The van der Waals surface area contributed by atoms with E-state index >= 15 is 0 Å². The lowest BCUT2D eigenvalue weighted by Crippen LogP contribution is -2.50. The van der Waals surface area contributed by atoms with Crippen LogP contribution in [0, 0.1) is 22.7 Å². The maximum Gasteiger partial charge on any atom is 0.325 e. The van der Waals surface area contributed by atoms with Crippen molar-refractivity contribution < 1.29 is 38.1 Å². The van der Waals surface area contributed by atoms with E-state index in [-0.39, 0.29) is 25.7 Å². The third-order valence-electron chi connectivity index (χ3n) is 5.20. The predicted octanol–water partition coefficient (Wildman–Crippen LogP) is 6.10. The maximum absolute atomic E-state index is 13.7. The second kappa shape index (κ2) is 13.0. The second-order valence-corrected chi connectivity index (χ2v) is 13.8. The summed E-state index contributed by atoms with van der Waals surface area (Å²) in [5.74, 6) is 2.16. The van der Waals surface area contributed by atoms with E-state index in [4.69, 9.17) is 18.9 Å². The number of rotatable bonds is 10. The predicted molar refractivity (Wildman–Crippen MR) is 150 cm³/mol. The fraction of sp³-hybridized carbons (Fsp3) is 0.742. The summed E-state index contributed by atoms with van der Waals surface area (Å²) < 4.78 is 22.7. The molecule has 0 bridgehead atoms. The first kappa shape index (κ1) is 36.2. The third kappa shape index (κ3) is 11.8. The van der Waals surface area contributed by atoms with E-state index in [0.717, 1.165) is 0 Å². The number of carbonyl (C=O) groups excluding carboxylic acids is 4. The van der Waals surface area contributed by atoms with Gasteiger partial charge in [0.1, 0.15) is 22.4 Å². The quantitative estimate of drug-likeness (QED) is 0.106. The number of hydrogen-bond acceptors (Lipinski definition) is 8. The molecule has 0 aromatic rings. The second-order valence-electron chi connectivity index (χ2n) is 13.8. The van der Waals surface area contributed by atoms with Crippen molar-refractivity contribution in [2.24, 2.45) is 10.8 Å². The van der Waals surface area contributed by atoms with Crippen LogP contribution in [0.1, 0.15) is 116 Å². The van der Waals surface area contributed by atoms with Crippen molar-refractivity contribution in [3.63, 3.8) is 0 Å². The Morgan fingerprint density at radius 1 is 0.590 bits per heavy atom. The molecule has 0 saturated heterocycles. The minimum Gasteiger partial charge on any atom is -0.459 e. The Bertz CT molecular complexity index is 910. The van der Waals surface area contributed by atoms with Gasteiger partial charge in [-0.15, -0.1) is 18.4 Å². The van der Waals surface area contributed by atoms with Crippen molar-refractivity contribution in [1.29, 1.82) is 0 Å². The first-order valence-electron chi connectivity index (χ1n) is 13.3. The molecule has 0 heterocycles. The minimum atomic E-state index is -1.93. The molecule has 0 saturated carbocycles. The van der Waals surface area contributed by atoms with Crippen LogP contribution < -0.4 is 0 Å². The number of allylic oxidation sites excluding steroid dienone is 1. The van der Waals surface area contributed by atoms with Gasteiger partial charge in [-0.05, 0) is 109 Å². The van der Waals surface area contributed by atoms with Crippen molar-refractivity contribution in [3.8, 4) is 11.8 Å². The summed E-state index contributed by atoms with van der Waals surface area (Å²) >= 11 is 0. The molecule has 0 unspecified atom stereocenters. The highest BCUT2D eigenvalue weighted by atomic mass is 16.6. The monoisotopic (exact) mass is 550 g/mol. The molecule has 8 nitrogen and oxygen atoms in total. The van der Waals surface area contributed by atoms with Gasteiger partial charge in [0, 0.05) is 6.42 Å². The van der Waals surface area contributed by atoms with Crippen LogP contribution in [0.25, 0.3) is 0 Å². The third-order valence-corrected chi connectivity index (χ3v) is 5.20. The van der Waals surface area contributed by atoms with Gasteiger partial charge in [0.2, 0.25) is 0 Å². The van der Waals surface area contributed by atoms with E-state index < -0.39 is 57.1 Å². The molecule has 0 fully saturated rings. The standard InChI is InChI=1S/C31H50O8/c1-15-17-19-31(24(34)38-28(9,10)11,25(35)39-29(12,13)14)21-20-30(18-16-2,22(32)36-26(3,4)5)23(33)37-27(6,7)8/h16H,2,18-21H2,1,3-14H3. The average molecular weight is 551 g/mol. The molecular weight excluding hydrogens is 500 g/mol.